The first kappa shape index (κ1) is 21.2. The van der Waals surface area contributed by atoms with Crippen LogP contribution in [0.2, 0.25) is 0 Å². The Bertz CT molecular complexity index is 1150. The number of nitrogens with zero attached hydrogens (tertiary/aromatic N) is 1. The number of aromatic nitrogens is 2. The van der Waals surface area contributed by atoms with Gasteiger partial charge >= 0.3 is 11.9 Å². The van der Waals surface area contributed by atoms with E-state index in [1.54, 1.807) is 39.8 Å². The van der Waals surface area contributed by atoms with Crippen molar-refractivity contribution in [3.05, 3.63) is 64.1 Å². The number of carbonyl (C=O) groups excluding carboxylic acids is 3. The summed E-state index contributed by atoms with van der Waals surface area (Å²) in [4.78, 5) is 45.3. The first-order valence-corrected chi connectivity index (χ1v) is 9.72. The highest BCUT2D eigenvalue weighted by atomic mass is 16.5. The molecule has 7 heteroatoms. The van der Waals surface area contributed by atoms with E-state index in [1.165, 1.54) is 6.92 Å². The molecule has 30 heavy (non-hydrogen) atoms. The highest BCUT2D eigenvalue weighted by molar-refractivity contribution is 6.07. The summed E-state index contributed by atoms with van der Waals surface area (Å²) < 4.78 is 10.5. The van der Waals surface area contributed by atoms with Crippen LogP contribution < -0.4 is 0 Å². The van der Waals surface area contributed by atoms with E-state index < -0.39 is 23.8 Å². The van der Waals surface area contributed by atoms with Crippen LogP contribution in [0.15, 0.2) is 30.3 Å². The minimum absolute atomic E-state index is 0.228. The molecule has 0 fully saturated rings. The van der Waals surface area contributed by atoms with Gasteiger partial charge < -0.3 is 14.5 Å². The zero-order valence-electron chi connectivity index (χ0n) is 17.7. The van der Waals surface area contributed by atoms with E-state index in [4.69, 9.17) is 9.47 Å². The number of carbonyl (C=O) groups is 3. The van der Waals surface area contributed by atoms with E-state index in [2.05, 4.69) is 9.97 Å². The minimum Gasteiger partial charge on any atom is -0.462 e. The maximum Gasteiger partial charge on any atom is 0.340 e. The van der Waals surface area contributed by atoms with Gasteiger partial charge in [-0.25, -0.2) is 9.59 Å². The van der Waals surface area contributed by atoms with Gasteiger partial charge in [-0.1, -0.05) is 18.2 Å². The van der Waals surface area contributed by atoms with Crippen molar-refractivity contribution in [3.8, 4) is 0 Å². The molecule has 0 amide bonds. The number of ether oxygens (including phenoxy) is 2. The van der Waals surface area contributed by atoms with Gasteiger partial charge in [0.15, 0.2) is 6.10 Å². The summed E-state index contributed by atoms with van der Waals surface area (Å²) in [5.41, 5.74) is 3.27. The van der Waals surface area contributed by atoms with Gasteiger partial charge in [-0.15, -0.1) is 0 Å². The molecule has 1 unspecified atom stereocenters. The fraction of sp³-hybridized carbons (Fsp3) is 0.304. The molecule has 0 radical (unpaired) electrons. The van der Waals surface area contributed by atoms with Crippen molar-refractivity contribution in [3.63, 3.8) is 0 Å². The number of esters is 2. The second-order valence-corrected chi connectivity index (χ2v) is 7.09. The molecular weight excluding hydrogens is 384 g/mol. The Balaban J connectivity index is 1.86. The number of benzene rings is 1. The molecule has 0 aliphatic carbocycles. The summed E-state index contributed by atoms with van der Waals surface area (Å²) in [5, 5.41) is 0.657. The van der Waals surface area contributed by atoms with Crippen molar-refractivity contribution >= 4 is 28.6 Å². The van der Waals surface area contributed by atoms with Crippen LogP contribution in [0, 0.1) is 20.8 Å². The fourth-order valence-corrected chi connectivity index (χ4v) is 3.46. The SMILES string of the molecule is CCOC(=O)c1c(C)[nH]c(C(=O)C(C)OC(=O)c2cc(C)nc3ccccc23)c1C. The van der Waals surface area contributed by atoms with Crippen LogP contribution in [0.3, 0.4) is 0 Å². The Labute approximate surface area is 174 Å². The van der Waals surface area contributed by atoms with Gasteiger partial charge in [-0.05, 0) is 52.3 Å². The van der Waals surface area contributed by atoms with Crippen LogP contribution in [0.5, 0.6) is 0 Å². The third-order valence-corrected chi connectivity index (χ3v) is 4.88. The number of pyridine rings is 1. The lowest BCUT2D eigenvalue weighted by atomic mass is 10.1. The van der Waals surface area contributed by atoms with E-state index in [0.29, 0.717) is 39.0 Å². The number of para-hydroxylation sites is 1. The quantitative estimate of drug-likeness (QED) is 0.487. The summed E-state index contributed by atoms with van der Waals surface area (Å²) >= 11 is 0. The van der Waals surface area contributed by atoms with Crippen molar-refractivity contribution in [1.82, 2.24) is 9.97 Å². The summed E-state index contributed by atoms with van der Waals surface area (Å²) in [7, 11) is 0. The van der Waals surface area contributed by atoms with Crippen LogP contribution >= 0.6 is 0 Å². The van der Waals surface area contributed by atoms with Crippen molar-refractivity contribution in [2.45, 2.75) is 40.7 Å². The van der Waals surface area contributed by atoms with E-state index in [1.807, 2.05) is 18.2 Å². The number of Topliss-reactive ketones (excluding diaryl/α,β-unsaturated/α-hetero) is 1. The summed E-state index contributed by atoms with van der Waals surface area (Å²) in [6.45, 7) is 8.61. The normalized spacial score (nSPS) is 11.9. The number of aromatic amines is 1. The van der Waals surface area contributed by atoms with Gasteiger partial charge in [0.05, 0.1) is 28.9 Å². The van der Waals surface area contributed by atoms with E-state index in [-0.39, 0.29) is 12.3 Å². The number of hydrogen-bond acceptors (Lipinski definition) is 6. The van der Waals surface area contributed by atoms with Crippen molar-refractivity contribution < 1.29 is 23.9 Å². The molecule has 0 bridgehead atoms. The zero-order chi connectivity index (χ0) is 22.0. The van der Waals surface area contributed by atoms with Crippen LogP contribution in [-0.4, -0.2) is 40.4 Å². The molecule has 0 spiro atoms. The number of ketones is 1. The Morgan fingerprint density at radius 2 is 1.80 bits per heavy atom. The van der Waals surface area contributed by atoms with Crippen LogP contribution in [0.25, 0.3) is 10.9 Å². The Morgan fingerprint density at radius 3 is 2.50 bits per heavy atom. The summed E-state index contributed by atoms with van der Waals surface area (Å²) in [6.07, 6.45) is -1.04. The molecule has 1 atom stereocenters. The number of nitrogens with one attached hydrogen (secondary N) is 1. The number of H-pyrrole nitrogens is 1. The fourth-order valence-electron chi connectivity index (χ4n) is 3.46. The lowest BCUT2D eigenvalue weighted by molar-refractivity contribution is 0.0318. The Morgan fingerprint density at radius 1 is 1.10 bits per heavy atom. The summed E-state index contributed by atoms with van der Waals surface area (Å²) in [6, 6.07) is 8.90. The van der Waals surface area contributed by atoms with Gasteiger partial charge in [0, 0.05) is 16.8 Å². The Kier molecular flexibility index (Phi) is 6.01. The van der Waals surface area contributed by atoms with Gasteiger partial charge in [-0.3, -0.25) is 9.78 Å². The second kappa shape index (κ2) is 8.49. The maximum absolute atomic E-state index is 12.9. The predicted molar refractivity (Wildman–Crippen MR) is 112 cm³/mol. The van der Waals surface area contributed by atoms with Gasteiger partial charge in [0.25, 0.3) is 0 Å². The first-order valence-electron chi connectivity index (χ1n) is 9.72. The molecular formula is C23H24N2O5. The van der Waals surface area contributed by atoms with Crippen molar-refractivity contribution in [1.29, 1.82) is 0 Å². The van der Waals surface area contributed by atoms with Crippen LogP contribution in [0.4, 0.5) is 0 Å². The van der Waals surface area contributed by atoms with Gasteiger partial charge in [0.1, 0.15) is 0 Å². The molecule has 0 saturated heterocycles. The average Bonchev–Trinajstić information content (AvgIpc) is 3.00. The number of fused-ring (bicyclic) bond motifs is 1. The lowest BCUT2D eigenvalue weighted by Gasteiger charge is -2.14. The zero-order valence-corrected chi connectivity index (χ0v) is 17.7. The average molecular weight is 408 g/mol. The third-order valence-electron chi connectivity index (χ3n) is 4.88. The minimum atomic E-state index is -1.04. The molecule has 1 N–H and O–H groups in total. The van der Waals surface area contributed by atoms with Crippen LogP contribution in [-0.2, 0) is 9.47 Å². The van der Waals surface area contributed by atoms with Gasteiger partial charge in [0.2, 0.25) is 5.78 Å². The Hall–Kier alpha value is -3.48. The smallest absolute Gasteiger partial charge is 0.340 e. The standard InChI is InChI=1S/C23H24N2O5/c1-6-29-23(28)19-13(3)20(25-14(19)4)21(26)15(5)30-22(27)17-11-12(2)24-18-10-8-7-9-16(17)18/h7-11,15,25H,6H2,1-5H3. The molecule has 7 nitrogen and oxygen atoms in total. The topological polar surface area (TPSA) is 98.4 Å². The number of aryl methyl sites for hydroxylation is 2. The monoisotopic (exact) mass is 408 g/mol. The molecule has 0 aliphatic heterocycles. The highest BCUT2D eigenvalue weighted by Gasteiger charge is 2.28. The summed E-state index contributed by atoms with van der Waals surface area (Å²) in [5.74, 6) is -1.52. The molecule has 2 aromatic heterocycles. The highest BCUT2D eigenvalue weighted by Crippen LogP contribution is 2.23. The molecule has 0 saturated carbocycles. The molecule has 156 valence electrons. The maximum atomic E-state index is 12.9. The molecule has 3 rings (SSSR count). The number of rotatable bonds is 6. The lowest BCUT2D eigenvalue weighted by Crippen LogP contribution is -2.25. The molecule has 0 aliphatic rings. The largest absolute Gasteiger partial charge is 0.462 e. The first-order chi connectivity index (χ1) is 14.2. The number of hydrogen-bond donors (Lipinski definition) is 1. The van der Waals surface area contributed by atoms with Crippen LogP contribution in [0.1, 0.15) is 62.0 Å². The van der Waals surface area contributed by atoms with Crippen molar-refractivity contribution in [2.75, 3.05) is 6.61 Å². The third kappa shape index (κ3) is 3.96. The molecule has 1 aromatic carbocycles. The molecule has 3 aromatic rings. The molecule has 2 heterocycles. The van der Waals surface area contributed by atoms with E-state index in [0.717, 1.165) is 0 Å². The van der Waals surface area contributed by atoms with Gasteiger partial charge in [-0.2, -0.15) is 0 Å². The van der Waals surface area contributed by atoms with E-state index in [9.17, 15) is 14.4 Å². The van der Waals surface area contributed by atoms with E-state index >= 15 is 0 Å². The second-order valence-electron chi connectivity index (χ2n) is 7.09. The van der Waals surface area contributed by atoms with Crippen molar-refractivity contribution in [2.24, 2.45) is 0 Å². The predicted octanol–water partition coefficient (Wildman–Crippen LogP) is 4.09.